The Morgan fingerprint density at radius 1 is 1.07 bits per heavy atom. The summed E-state index contributed by atoms with van der Waals surface area (Å²) in [5.74, 6) is 2.32. The van der Waals surface area contributed by atoms with E-state index < -0.39 is 0 Å². The number of carbonyl (C=O) groups is 1. The number of amides is 1. The number of rotatable bonds is 5. The summed E-state index contributed by atoms with van der Waals surface area (Å²) in [6, 6.07) is 10.3. The lowest BCUT2D eigenvalue weighted by Gasteiger charge is -2.24. The Kier molecular flexibility index (Phi) is 5.20. The van der Waals surface area contributed by atoms with E-state index in [4.69, 9.17) is 32.7 Å². The fourth-order valence-electron chi connectivity index (χ4n) is 4.21. The smallest absolute Gasteiger partial charge is 0.255 e. The molecule has 3 atom stereocenters. The molecule has 1 N–H and O–H groups in total. The minimum absolute atomic E-state index is 0.203. The molecule has 27 heavy (non-hydrogen) atoms. The second-order valence-electron chi connectivity index (χ2n) is 7.25. The SMILES string of the molecule is COc1ccc(C(=O)Nc2c(Cl)cccc2Cl)cc1O[C@H]1C[C@@H]2CC[C@H]1C2. The highest BCUT2D eigenvalue weighted by Crippen LogP contribution is 2.47. The van der Waals surface area contributed by atoms with Gasteiger partial charge in [-0.05, 0) is 67.9 Å². The van der Waals surface area contributed by atoms with Gasteiger partial charge in [-0.3, -0.25) is 4.79 Å². The van der Waals surface area contributed by atoms with Crippen LogP contribution in [-0.2, 0) is 0 Å². The molecule has 6 heteroatoms. The van der Waals surface area contributed by atoms with Gasteiger partial charge in [0.1, 0.15) is 6.10 Å². The molecule has 142 valence electrons. The van der Waals surface area contributed by atoms with E-state index in [9.17, 15) is 4.79 Å². The number of anilines is 1. The number of benzene rings is 2. The van der Waals surface area contributed by atoms with Gasteiger partial charge in [0.05, 0.1) is 22.8 Å². The Hall–Kier alpha value is -1.91. The molecule has 4 rings (SSSR count). The molecule has 0 unspecified atom stereocenters. The number of fused-ring (bicyclic) bond motifs is 2. The van der Waals surface area contributed by atoms with Crippen LogP contribution in [0.3, 0.4) is 0 Å². The van der Waals surface area contributed by atoms with Crippen molar-refractivity contribution in [1.82, 2.24) is 0 Å². The third-order valence-electron chi connectivity index (χ3n) is 5.58. The first-order valence-corrected chi connectivity index (χ1v) is 9.91. The number of halogens is 2. The van der Waals surface area contributed by atoms with Crippen LogP contribution in [-0.4, -0.2) is 19.1 Å². The second kappa shape index (κ2) is 7.61. The summed E-state index contributed by atoms with van der Waals surface area (Å²) < 4.78 is 11.7. The van der Waals surface area contributed by atoms with Crippen LogP contribution in [0.25, 0.3) is 0 Å². The van der Waals surface area contributed by atoms with Gasteiger partial charge in [-0.25, -0.2) is 0 Å². The lowest BCUT2D eigenvalue weighted by molar-refractivity contribution is 0.102. The number of para-hydroxylation sites is 1. The molecule has 0 aliphatic heterocycles. The Bertz CT molecular complexity index is 850. The van der Waals surface area contributed by atoms with Crippen LogP contribution in [0.5, 0.6) is 11.5 Å². The van der Waals surface area contributed by atoms with Gasteiger partial charge in [0.15, 0.2) is 11.5 Å². The summed E-state index contributed by atoms with van der Waals surface area (Å²) >= 11 is 12.3. The quantitative estimate of drug-likeness (QED) is 0.681. The van der Waals surface area contributed by atoms with Crippen LogP contribution in [0.4, 0.5) is 5.69 Å². The third-order valence-corrected chi connectivity index (χ3v) is 6.21. The standard InChI is InChI=1S/C21H21Cl2NO3/c1-26-17-8-7-14(21(25)24-20-15(22)3-2-4-16(20)23)11-19(17)27-18-10-12-5-6-13(18)9-12/h2-4,7-8,11-13,18H,5-6,9-10H2,1H3,(H,24,25)/t12-,13+,18+/m1/s1. The van der Waals surface area contributed by atoms with Crippen LogP contribution in [0, 0.1) is 11.8 Å². The molecule has 2 aliphatic rings. The first-order chi connectivity index (χ1) is 13.0. The number of hydrogen-bond acceptors (Lipinski definition) is 3. The van der Waals surface area contributed by atoms with E-state index in [-0.39, 0.29) is 12.0 Å². The predicted molar refractivity (Wildman–Crippen MR) is 107 cm³/mol. The van der Waals surface area contributed by atoms with E-state index in [1.807, 2.05) is 0 Å². The van der Waals surface area contributed by atoms with E-state index in [0.29, 0.717) is 38.7 Å². The van der Waals surface area contributed by atoms with Crippen molar-refractivity contribution in [3.05, 3.63) is 52.0 Å². The summed E-state index contributed by atoms with van der Waals surface area (Å²) in [6.07, 6.45) is 5.07. The van der Waals surface area contributed by atoms with E-state index >= 15 is 0 Å². The molecule has 4 nitrogen and oxygen atoms in total. The maximum Gasteiger partial charge on any atom is 0.255 e. The van der Waals surface area contributed by atoms with Crippen molar-refractivity contribution in [3.8, 4) is 11.5 Å². The lowest BCUT2D eigenvalue weighted by atomic mass is 9.97. The van der Waals surface area contributed by atoms with Crippen LogP contribution in [0.15, 0.2) is 36.4 Å². The predicted octanol–water partition coefficient (Wildman–Crippen LogP) is 5.82. The summed E-state index contributed by atoms with van der Waals surface area (Å²) in [5.41, 5.74) is 0.863. The maximum absolute atomic E-state index is 12.7. The van der Waals surface area contributed by atoms with E-state index in [2.05, 4.69) is 5.32 Å². The zero-order valence-electron chi connectivity index (χ0n) is 15.0. The van der Waals surface area contributed by atoms with Crippen LogP contribution in [0.2, 0.25) is 10.0 Å². The van der Waals surface area contributed by atoms with E-state index in [1.54, 1.807) is 43.5 Å². The van der Waals surface area contributed by atoms with Gasteiger partial charge < -0.3 is 14.8 Å². The summed E-state index contributed by atoms with van der Waals surface area (Å²) in [4.78, 5) is 12.7. The minimum Gasteiger partial charge on any atom is -0.493 e. The first-order valence-electron chi connectivity index (χ1n) is 9.15. The fraction of sp³-hybridized carbons (Fsp3) is 0.381. The molecule has 1 amide bonds. The van der Waals surface area contributed by atoms with Gasteiger partial charge in [-0.1, -0.05) is 29.3 Å². The van der Waals surface area contributed by atoms with Gasteiger partial charge in [0.2, 0.25) is 0 Å². The number of hydrogen-bond donors (Lipinski definition) is 1. The first kappa shape index (κ1) is 18.5. The minimum atomic E-state index is -0.301. The number of nitrogens with one attached hydrogen (secondary N) is 1. The maximum atomic E-state index is 12.7. The third kappa shape index (κ3) is 3.74. The molecule has 2 aliphatic carbocycles. The largest absolute Gasteiger partial charge is 0.493 e. The zero-order chi connectivity index (χ0) is 19.0. The van der Waals surface area contributed by atoms with Crippen molar-refractivity contribution >= 4 is 34.8 Å². The highest BCUT2D eigenvalue weighted by molar-refractivity contribution is 6.40. The molecule has 0 saturated heterocycles. The fourth-order valence-corrected chi connectivity index (χ4v) is 4.70. The van der Waals surface area contributed by atoms with E-state index in [1.165, 1.54) is 19.3 Å². The van der Waals surface area contributed by atoms with Gasteiger partial charge in [-0.2, -0.15) is 0 Å². The summed E-state index contributed by atoms with van der Waals surface area (Å²) in [5, 5.41) is 3.56. The van der Waals surface area contributed by atoms with Gasteiger partial charge in [0, 0.05) is 5.56 Å². The molecule has 0 spiro atoms. The zero-order valence-corrected chi connectivity index (χ0v) is 16.5. The Labute approximate surface area is 168 Å². The molecule has 0 radical (unpaired) electrons. The molecule has 0 heterocycles. The van der Waals surface area contributed by atoms with Crippen molar-refractivity contribution in [2.24, 2.45) is 11.8 Å². The number of methoxy groups -OCH3 is 1. The van der Waals surface area contributed by atoms with Crippen LogP contribution >= 0.6 is 23.2 Å². The van der Waals surface area contributed by atoms with Crippen molar-refractivity contribution in [3.63, 3.8) is 0 Å². The van der Waals surface area contributed by atoms with Crippen molar-refractivity contribution < 1.29 is 14.3 Å². The van der Waals surface area contributed by atoms with Crippen molar-refractivity contribution in [2.45, 2.75) is 31.8 Å². The van der Waals surface area contributed by atoms with Crippen LogP contribution < -0.4 is 14.8 Å². The molecule has 2 aromatic rings. The highest BCUT2D eigenvalue weighted by Gasteiger charge is 2.41. The average Bonchev–Trinajstić information content (AvgIpc) is 3.28. The molecule has 2 bridgehead atoms. The Morgan fingerprint density at radius 3 is 2.48 bits per heavy atom. The average molecular weight is 406 g/mol. The summed E-state index contributed by atoms with van der Waals surface area (Å²) in [6.45, 7) is 0. The normalized spacial score (nSPS) is 23.3. The van der Waals surface area contributed by atoms with Crippen molar-refractivity contribution in [2.75, 3.05) is 12.4 Å². The van der Waals surface area contributed by atoms with Gasteiger partial charge in [-0.15, -0.1) is 0 Å². The molecular weight excluding hydrogens is 385 g/mol. The molecule has 0 aromatic heterocycles. The Morgan fingerprint density at radius 2 is 1.85 bits per heavy atom. The molecule has 2 saturated carbocycles. The number of ether oxygens (including phenoxy) is 2. The lowest BCUT2D eigenvalue weighted by Crippen LogP contribution is -2.24. The van der Waals surface area contributed by atoms with Gasteiger partial charge in [0.25, 0.3) is 5.91 Å². The number of carbonyl (C=O) groups excluding carboxylic acids is 1. The second-order valence-corrected chi connectivity index (χ2v) is 8.06. The van der Waals surface area contributed by atoms with E-state index in [0.717, 1.165) is 12.3 Å². The van der Waals surface area contributed by atoms with Crippen molar-refractivity contribution in [1.29, 1.82) is 0 Å². The topological polar surface area (TPSA) is 47.6 Å². The monoisotopic (exact) mass is 405 g/mol. The molecular formula is C21H21Cl2NO3. The molecule has 2 fully saturated rings. The Balaban J connectivity index is 1.55. The van der Waals surface area contributed by atoms with Gasteiger partial charge >= 0.3 is 0 Å². The molecule has 2 aromatic carbocycles. The highest BCUT2D eigenvalue weighted by atomic mass is 35.5. The summed E-state index contributed by atoms with van der Waals surface area (Å²) in [7, 11) is 1.60. The van der Waals surface area contributed by atoms with Crippen LogP contribution in [0.1, 0.15) is 36.0 Å².